The molecule has 78 valence electrons. The molecule has 0 saturated carbocycles. The van der Waals surface area contributed by atoms with Gasteiger partial charge in [0, 0.05) is 22.3 Å². The quantitative estimate of drug-likeness (QED) is 0.593. The number of ketones is 2. The van der Waals surface area contributed by atoms with E-state index in [1.54, 1.807) is 48.5 Å². The fraction of sp³-hybridized carbons (Fsp3) is 0. The van der Waals surface area contributed by atoms with Gasteiger partial charge in [0.15, 0.2) is 11.6 Å². The van der Waals surface area contributed by atoms with Gasteiger partial charge in [-0.25, -0.2) is 0 Å². The zero-order valence-corrected chi connectivity index (χ0v) is 11.8. The van der Waals surface area contributed by atoms with Gasteiger partial charge in [-0.1, -0.05) is 48.5 Å². The van der Waals surface area contributed by atoms with E-state index in [9.17, 15) is 9.59 Å². The average Bonchev–Trinajstić information content (AvgIpc) is 2.36. The largest absolute Gasteiger partial charge is 2.00 e. The second-order valence-electron chi connectivity index (χ2n) is 3.75. The Bertz CT molecular complexity index is 512. The molecular weight excluding hydrogens is 319 g/mol. The van der Waals surface area contributed by atoms with Gasteiger partial charge in [0.05, 0.1) is 0 Å². The first-order chi connectivity index (χ1) is 7.79. The van der Waals surface area contributed by atoms with Gasteiger partial charge in [-0.3, -0.25) is 9.59 Å². The van der Waals surface area contributed by atoms with Crippen LogP contribution in [0.3, 0.4) is 0 Å². The molecular formula is C14H8O2Sn+2. The summed E-state index contributed by atoms with van der Waals surface area (Å²) >= 11 is 0. The van der Waals surface area contributed by atoms with E-state index in [-0.39, 0.29) is 35.5 Å². The van der Waals surface area contributed by atoms with Crippen molar-refractivity contribution in [3.8, 4) is 0 Å². The summed E-state index contributed by atoms with van der Waals surface area (Å²) in [5, 5.41) is 0. The molecule has 0 bridgehead atoms. The molecule has 2 radical (unpaired) electrons. The molecule has 17 heavy (non-hydrogen) atoms. The summed E-state index contributed by atoms with van der Waals surface area (Å²) in [6.07, 6.45) is 0. The minimum atomic E-state index is -0.0641. The van der Waals surface area contributed by atoms with E-state index >= 15 is 0 Å². The molecule has 0 spiro atoms. The standard InChI is InChI=1S/C14H8O2.Sn/c15-13-9-5-1-2-6-10(9)14(16)12-8-4-3-7-11(12)13;/h1-8H;/q;+2. The molecule has 0 amide bonds. The Labute approximate surface area is 116 Å². The zero-order valence-electron chi connectivity index (χ0n) is 8.94. The molecule has 0 heterocycles. The minimum Gasteiger partial charge on any atom is -0.289 e. The molecule has 1 aliphatic carbocycles. The van der Waals surface area contributed by atoms with Crippen molar-refractivity contribution >= 4 is 35.5 Å². The summed E-state index contributed by atoms with van der Waals surface area (Å²) < 4.78 is 0. The molecule has 0 saturated heterocycles. The molecule has 2 aromatic rings. The average molecular weight is 327 g/mol. The SMILES string of the molecule is O=C1c2ccccc2C(=O)c2ccccc21.[Sn+2]. The maximum Gasteiger partial charge on any atom is 2.00 e. The van der Waals surface area contributed by atoms with E-state index in [4.69, 9.17) is 0 Å². The number of benzene rings is 2. The predicted octanol–water partition coefficient (Wildman–Crippen LogP) is 2.08. The summed E-state index contributed by atoms with van der Waals surface area (Å²) in [7, 11) is 0. The second-order valence-corrected chi connectivity index (χ2v) is 3.75. The normalized spacial score (nSPS) is 12.5. The predicted molar refractivity (Wildman–Crippen MR) is 65.5 cm³/mol. The Hall–Kier alpha value is -1.42. The van der Waals surface area contributed by atoms with Crippen molar-refractivity contribution < 1.29 is 9.59 Å². The Morgan fingerprint density at radius 3 is 1.00 bits per heavy atom. The third-order valence-corrected chi connectivity index (χ3v) is 2.83. The second kappa shape index (κ2) is 4.45. The number of carbonyl (C=O) groups excluding carboxylic acids is 2. The third kappa shape index (κ3) is 1.72. The van der Waals surface area contributed by atoms with Gasteiger partial charge in [0.2, 0.25) is 0 Å². The van der Waals surface area contributed by atoms with Crippen LogP contribution in [0.4, 0.5) is 0 Å². The maximum atomic E-state index is 12.1. The van der Waals surface area contributed by atoms with Crippen molar-refractivity contribution in [1.29, 1.82) is 0 Å². The number of hydrogen-bond donors (Lipinski definition) is 0. The molecule has 3 rings (SSSR count). The Kier molecular flexibility index (Phi) is 3.15. The fourth-order valence-electron chi connectivity index (χ4n) is 2.05. The van der Waals surface area contributed by atoms with Gasteiger partial charge >= 0.3 is 23.9 Å². The smallest absolute Gasteiger partial charge is 0.289 e. The minimum absolute atomic E-state index is 0. The summed E-state index contributed by atoms with van der Waals surface area (Å²) in [6.45, 7) is 0. The van der Waals surface area contributed by atoms with Gasteiger partial charge in [-0.15, -0.1) is 0 Å². The van der Waals surface area contributed by atoms with Crippen molar-refractivity contribution in [2.75, 3.05) is 0 Å². The molecule has 0 unspecified atom stereocenters. The van der Waals surface area contributed by atoms with Crippen molar-refractivity contribution in [1.82, 2.24) is 0 Å². The summed E-state index contributed by atoms with van der Waals surface area (Å²) in [6, 6.07) is 13.9. The van der Waals surface area contributed by atoms with E-state index < -0.39 is 0 Å². The van der Waals surface area contributed by atoms with Crippen LogP contribution in [-0.2, 0) is 0 Å². The first kappa shape index (κ1) is 12.0. The number of carbonyl (C=O) groups is 2. The number of fused-ring (bicyclic) bond motifs is 2. The van der Waals surface area contributed by atoms with Gasteiger partial charge < -0.3 is 0 Å². The van der Waals surface area contributed by atoms with Crippen LogP contribution >= 0.6 is 0 Å². The van der Waals surface area contributed by atoms with Crippen LogP contribution in [0.2, 0.25) is 0 Å². The fourth-order valence-corrected chi connectivity index (χ4v) is 2.05. The summed E-state index contributed by atoms with van der Waals surface area (Å²) in [5.74, 6) is -0.128. The molecule has 0 N–H and O–H groups in total. The van der Waals surface area contributed by atoms with Gasteiger partial charge in [0.25, 0.3) is 0 Å². The molecule has 2 aromatic carbocycles. The van der Waals surface area contributed by atoms with Gasteiger partial charge in [-0.05, 0) is 0 Å². The molecule has 3 heteroatoms. The van der Waals surface area contributed by atoms with Crippen LogP contribution in [0.25, 0.3) is 0 Å². The maximum absolute atomic E-state index is 12.1. The van der Waals surface area contributed by atoms with E-state index in [0.29, 0.717) is 22.3 Å². The summed E-state index contributed by atoms with van der Waals surface area (Å²) in [5.41, 5.74) is 2.02. The molecule has 0 aromatic heterocycles. The third-order valence-electron chi connectivity index (χ3n) is 2.83. The zero-order chi connectivity index (χ0) is 11.1. The number of hydrogen-bond acceptors (Lipinski definition) is 2. The van der Waals surface area contributed by atoms with Crippen LogP contribution in [-0.4, -0.2) is 35.5 Å². The first-order valence-corrected chi connectivity index (χ1v) is 5.06. The van der Waals surface area contributed by atoms with Gasteiger partial charge in [0.1, 0.15) is 0 Å². The summed E-state index contributed by atoms with van der Waals surface area (Å²) in [4.78, 5) is 24.2. The molecule has 0 atom stereocenters. The molecule has 0 fully saturated rings. The van der Waals surface area contributed by atoms with Crippen molar-refractivity contribution in [2.45, 2.75) is 0 Å². The number of rotatable bonds is 0. The Morgan fingerprint density at radius 1 is 0.529 bits per heavy atom. The van der Waals surface area contributed by atoms with Crippen LogP contribution in [0.5, 0.6) is 0 Å². The van der Waals surface area contributed by atoms with Crippen LogP contribution in [0, 0.1) is 0 Å². The molecule has 2 nitrogen and oxygen atoms in total. The van der Waals surface area contributed by atoms with Gasteiger partial charge in [-0.2, -0.15) is 0 Å². The van der Waals surface area contributed by atoms with E-state index in [1.165, 1.54) is 0 Å². The van der Waals surface area contributed by atoms with E-state index in [0.717, 1.165) is 0 Å². The van der Waals surface area contributed by atoms with Crippen molar-refractivity contribution in [3.05, 3.63) is 70.8 Å². The van der Waals surface area contributed by atoms with Crippen molar-refractivity contribution in [3.63, 3.8) is 0 Å². The first-order valence-electron chi connectivity index (χ1n) is 5.06. The Balaban J connectivity index is 0.00000108. The van der Waals surface area contributed by atoms with Crippen molar-refractivity contribution in [2.24, 2.45) is 0 Å². The van der Waals surface area contributed by atoms with Crippen LogP contribution < -0.4 is 0 Å². The monoisotopic (exact) mass is 328 g/mol. The molecule has 0 aliphatic heterocycles. The van der Waals surface area contributed by atoms with E-state index in [2.05, 4.69) is 0 Å². The topological polar surface area (TPSA) is 34.1 Å². The van der Waals surface area contributed by atoms with Crippen LogP contribution in [0.1, 0.15) is 31.8 Å². The molecule has 1 aliphatic rings. The van der Waals surface area contributed by atoms with E-state index in [1.807, 2.05) is 0 Å². The Morgan fingerprint density at radius 2 is 0.765 bits per heavy atom. The van der Waals surface area contributed by atoms with Crippen LogP contribution in [0.15, 0.2) is 48.5 Å².